The second-order valence-corrected chi connectivity index (χ2v) is 5.07. The molecule has 0 aliphatic rings. The fraction of sp³-hybridized carbons (Fsp3) is 0.0500. The summed E-state index contributed by atoms with van der Waals surface area (Å²) in [5.41, 5.74) is 1.06. The molecule has 1 amide bonds. The predicted octanol–water partition coefficient (Wildman–Crippen LogP) is 4.74. The average molecular weight is 319 g/mol. The van der Waals surface area contributed by atoms with E-state index in [1.54, 1.807) is 31.4 Å². The van der Waals surface area contributed by atoms with E-state index in [4.69, 9.17) is 9.47 Å². The molecule has 0 spiro atoms. The molecule has 0 saturated carbocycles. The van der Waals surface area contributed by atoms with Crippen molar-refractivity contribution in [3.05, 3.63) is 84.4 Å². The number of benzene rings is 3. The summed E-state index contributed by atoms with van der Waals surface area (Å²) in [4.78, 5) is 12.6. The van der Waals surface area contributed by atoms with Crippen molar-refractivity contribution in [1.82, 2.24) is 0 Å². The third-order valence-electron chi connectivity index (χ3n) is 3.46. The summed E-state index contributed by atoms with van der Waals surface area (Å²) in [6.07, 6.45) is 0. The van der Waals surface area contributed by atoms with E-state index in [0.29, 0.717) is 28.5 Å². The molecule has 0 aromatic heterocycles. The van der Waals surface area contributed by atoms with Crippen molar-refractivity contribution in [3.8, 4) is 17.2 Å². The third-order valence-corrected chi connectivity index (χ3v) is 3.46. The van der Waals surface area contributed by atoms with Gasteiger partial charge < -0.3 is 14.8 Å². The normalized spacial score (nSPS) is 10.0. The van der Waals surface area contributed by atoms with Gasteiger partial charge in [0.15, 0.2) is 5.75 Å². The van der Waals surface area contributed by atoms with Gasteiger partial charge in [-0.3, -0.25) is 4.79 Å². The van der Waals surface area contributed by atoms with Crippen LogP contribution in [0.3, 0.4) is 0 Å². The number of hydrogen-bond donors (Lipinski definition) is 1. The first kappa shape index (κ1) is 15.6. The highest BCUT2D eigenvalue weighted by atomic mass is 16.5. The Kier molecular flexibility index (Phi) is 4.77. The molecule has 1 N–H and O–H groups in total. The average Bonchev–Trinajstić information content (AvgIpc) is 2.64. The molecule has 0 fully saturated rings. The first-order chi connectivity index (χ1) is 11.8. The Morgan fingerprint density at radius 1 is 0.792 bits per heavy atom. The van der Waals surface area contributed by atoms with Crippen molar-refractivity contribution in [3.63, 3.8) is 0 Å². The summed E-state index contributed by atoms with van der Waals surface area (Å²) in [6, 6.07) is 23.8. The van der Waals surface area contributed by atoms with Crippen molar-refractivity contribution in [2.45, 2.75) is 0 Å². The maximum atomic E-state index is 12.6. The van der Waals surface area contributed by atoms with Crippen LogP contribution < -0.4 is 14.8 Å². The Labute approximate surface area is 140 Å². The van der Waals surface area contributed by atoms with Crippen LogP contribution in [-0.2, 0) is 0 Å². The van der Waals surface area contributed by atoms with E-state index in [-0.39, 0.29) is 5.91 Å². The van der Waals surface area contributed by atoms with Crippen LogP contribution in [0.2, 0.25) is 0 Å². The molecule has 120 valence electrons. The Hall–Kier alpha value is -3.27. The van der Waals surface area contributed by atoms with Gasteiger partial charge >= 0.3 is 0 Å². The minimum atomic E-state index is -0.253. The second-order valence-electron chi connectivity index (χ2n) is 5.07. The molecule has 3 aromatic rings. The fourth-order valence-electron chi connectivity index (χ4n) is 2.30. The van der Waals surface area contributed by atoms with E-state index >= 15 is 0 Å². The number of para-hydroxylation sites is 4. The van der Waals surface area contributed by atoms with Crippen molar-refractivity contribution in [2.75, 3.05) is 12.4 Å². The molecule has 4 heteroatoms. The molecule has 0 radical (unpaired) electrons. The van der Waals surface area contributed by atoms with Crippen LogP contribution in [-0.4, -0.2) is 13.0 Å². The van der Waals surface area contributed by atoms with Crippen LogP contribution in [0.1, 0.15) is 10.4 Å². The highest BCUT2D eigenvalue weighted by Gasteiger charge is 2.14. The number of methoxy groups -OCH3 is 1. The van der Waals surface area contributed by atoms with Gasteiger partial charge in [-0.05, 0) is 36.4 Å². The van der Waals surface area contributed by atoms with E-state index < -0.39 is 0 Å². The Morgan fingerprint density at radius 3 is 2.17 bits per heavy atom. The zero-order valence-electron chi connectivity index (χ0n) is 13.2. The van der Waals surface area contributed by atoms with Crippen molar-refractivity contribution < 1.29 is 14.3 Å². The maximum absolute atomic E-state index is 12.6. The van der Waals surface area contributed by atoms with E-state index in [1.165, 1.54) is 0 Å². The minimum absolute atomic E-state index is 0.253. The molecule has 3 aromatic carbocycles. The van der Waals surface area contributed by atoms with Crippen LogP contribution in [0.5, 0.6) is 17.2 Å². The number of carbonyl (C=O) groups is 1. The van der Waals surface area contributed by atoms with Crippen molar-refractivity contribution in [2.24, 2.45) is 0 Å². The molecule has 0 atom stereocenters. The molecule has 0 saturated heterocycles. The molecule has 0 aliphatic carbocycles. The van der Waals surface area contributed by atoms with Crippen LogP contribution in [0.4, 0.5) is 5.69 Å². The fourth-order valence-corrected chi connectivity index (χ4v) is 2.30. The van der Waals surface area contributed by atoms with E-state index in [0.717, 1.165) is 0 Å². The monoisotopic (exact) mass is 319 g/mol. The number of rotatable bonds is 5. The number of amides is 1. The van der Waals surface area contributed by atoms with Crippen LogP contribution in [0.15, 0.2) is 78.9 Å². The molecular weight excluding hydrogens is 302 g/mol. The van der Waals surface area contributed by atoms with E-state index in [1.807, 2.05) is 54.6 Å². The lowest BCUT2D eigenvalue weighted by molar-refractivity contribution is 0.102. The van der Waals surface area contributed by atoms with Crippen molar-refractivity contribution >= 4 is 11.6 Å². The molecule has 24 heavy (non-hydrogen) atoms. The molecule has 3 rings (SSSR count). The van der Waals surface area contributed by atoms with Gasteiger partial charge in [0, 0.05) is 0 Å². The number of anilines is 1. The van der Waals surface area contributed by atoms with Crippen LogP contribution >= 0.6 is 0 Å². The lowest BCUT2D eigenvalue weighted by Crippen LogP contribution is -2.13. The highest BCUT2D eigenvalue weighted by molar-refractivity contribution is 6.06. The number of hydrogen-bond acceptors (Lipinski definition) is 3. The summed E-state index contributed by atoms with van der Waals surface area (Å²) in [6.45, 7) is 0. The van der Waals surface area contributed by atoms with E-state index in [2.05, 4.69) is 5.32 Å². The van der Waals surface area contributed by atoms with Crippen molar-refractivity contribution in [1.29, 1.82) is 0 Å². The summed E-state index contributed by atoms with van der Waals surface area (Å²) in [5.74, 6) is 1.55. The molecule has 0 unspecified atom stereocenters. The zero-order chi connectivity index (χ0) is 16.8. The van der Waals surface area contributed by atoms with Gasteiger partial charge in [-0.2, -0.15) is 0 Å². The molecular formula is C20H17NO3. The largest absolute Gasteiger partial charge is 0.496 e. The van der Waals surface area contributed by atoms with Gasteiger partial charge in [0.05, 0.1) is 18.4 Å². The van der Waals surface area contributed by atoms with Crippen LogP contribution in [0, 0.1) is 0 Å². The topological polar surface area (TPSA) is 47.6 Å². The van der Waals surface area contributed by atoms with Gasteiger partial charge in [0.25, 0.3) is 5.91 Å². The predicted molar refractivity (Wildman–Crippen MR) is 93.9 cm³/mol. The summed E-state index contributed by atoms with van der Waals surface area (Å²) in [7, 11) is 1.54. The number of carbonyl (C=O) groups excluding carboxylic acids is 1. The Bertz CT molecular complexity index is 831. The summed E-state index contributed by atoms with van der Waals surface area (Å²) in [5, 5.41) is 2.88. The third kappa shape index (κ3) is 3.55. The van der Waals surface area contributed by atoms with Crippen LogP contribution in [0.25, 0.3) is 0 Å². The van der Waals surface area contributed by atoms with Gasteiger partial charge in [-0.25, -0.2) is 0 Å². The van der Waals surface area contributed by atoms with Gasteiger partial charge in [0.1, 0.15) is 11.5 Å². The Morgan fingerprint density at radius 2 is 1.42 bits per heavy atom. The standard InChI is InChI=1S/C20H17NO3/c1-23-18-13-7-5-11-16(18)20(22)21-17-12-6-8-14-19(17)24-15-9-3-2-4-10-15/h2-14H,1H3,(H,21,22). The lowest BCUT2D eigenvalue weighted by Gasteiger charge is -2.13. The quantitative estimate of drug-likeness (QED) is 0.739. The van der Waals surface area contributed by atoms with Gasteiger partial charge in [-0.15, -0.1) is 0 Å². The second kappa shape index (κ2) is 7.33. The molecule has 0 heterocycles. The Balaban J connectivity index is 1.84. The minimum Gasteiger partial charge on any atom is -0.496 e. The van der Waals surface area contributed by atoms with Gasteiger partial charge in [0.2, 0.25) is 0 Å². The first-order valence-electron chi connectivity index (χ1n) is 7.54. The molecule has 0 aliphatic heterocycles. The lowest BCUT2D eigenvalue weighted by atomic mass is 10.2. The number of ether oxygens (including phenoxy) is 2. The number of nitrogens with one attached hydrogen (secondary N) is 1. The summed E-state index contributed by atoms with van der Waals surface area (Å²) >= 11 is 0. The molecule has 0 bridgehead atoms. The highest BCUT2D eigenvalue weighted by Crippen LogP contribution is 2.30. The smallest absolute Gasteiger partial charge is 0.259 e. The molecule has 4 nitrogen and oxygen atoms in total. The summed E-state index contributed by atoms with van der Waals surface area (Å²) < 4.78 is 11.1. The van der Waals surface area contributed by atoms with E-state index in [9.17, 15) is 4.79 Å². The maximum Gasteiger partial charge on any atom is 0.259 e. The zero-order valence-corrected chi connectivity index (χ0v) is 13.2. The first-order valence-corrected chi connectivity index (χ1v) is 7.54. The SMILES string of the molecule is COc1ccccc1C(=O)Nc1ccccc1Oc1ccccc1. The van der Waals surface area contributed by atoms with Gasteiger partial charge in [-0.1, -0.05) is 42.5 Å².